The van der Waals surface area contributed by atoms with E-state index in [9.17, 15) is 9.90 Å². The van der Waals surface area contributed by atoms with Crippen molar-refractivity contribution in [3.8, 4) is 0 Å². The molecular formula is C18H12Cl2N2O2S3. The van der Waals surface area contributed by atoms with Crippen molar-refractivity contribution in [3.05, 3.63) is 51.5 Å². The quantitative estimate of drug-likeness (QED) is 0.496. The van der Waals surface area contributed by atoms with Gasteiger partial charge in [-0.1, -0.05) is 47.6 Å². The van der Waals surface area contributed by atoms with Gasteiger partial charge < -0.3 is 10.0 Å². The Labute approximate surface area is 179 Å². The Morgan fingerprint density at radius 3 is 2.81 bits per heavy atom. The molecule has 0 spiro atoms. The van der Waals surface area contributed by atoms with Crippen LogP contribution in [-0.2, 0) is 11.3 Å². The molecule has 1 atom stereocenters. The molecule has 0 radical (unpaired) electrons. The van der Waals surface area contributed by atoms with E-state index in [0.29, 0.717) is 27.1 Å². The van der Waals surface area contributed by atoms with Crippen LogP contribution < -0.4 is 4.90 Å². The average Bonchev–Trinajstić information content (AvgIpc) is 3.05. The van der Waals surface area contributed by atoms with Crippen LogP contribution in [0.3, 0.4) is 0 Å². The van der Waals surface area contributed by atoms with Crippen LogP contribution in [-0.4, -0.2) is 26.3 Å². The molecule has 1 aliphatic rings. The Hall–Kier alpha value is -1.38. The summed E-state index contributed by atoms with van der Waals surface area (Å²) in [5.41, 5.74) is 1.65. The molecule has 1 aromatic heterocycles. The normalized spacial score (nSPS) is 16.6. The Morgan fingerprint density at radius 1 is 1.26 bits per heavy atom. The van der Waals surface area contributed by atoms with Crippen LogP contribution >= 0.6 is 58.5 Å². The lowest BCUT2D eigenvalue weighted by molar-refractivity contribution is -0.136. The Balaban J connectivity index is 1.72. The van der Waals surface area contributed by atoms with Gasteiger partial charge in [0.2, 0.25) is 0 Å². The van der Waals surface area contributed by atoms with Crippen LogP contribution in [0.15, 0.2) is 41.3 Å². The van der Waals surface area contributed by atoms with Gasteiger partial charge in [0.15, 0.2) is 0 Å². The number of anilines is 1. The fourth-order valence-electron chi connectivity index (χ4n) is 2.91. The Bertz CT molecular complexity index is 1070. The van der Waals surface area contributed by atoms with Crippen LogP contribution in [0.2, 0.25) is 10.0 Å². The van der Waals surface area contributed by atoms with Crippen LogP contribution in [0, 0.1) is 0 Å². The van der Waals surface area contributed by atoms with E-state index in [2.05, 4.69) is 4.98 Å². The van der Waals surface area contributed by atoms with Crippen molar-refractivity contribution in [2.75, 3.05) is 4.90 Å². The number of rotatable bonds is 4. The van der Waals surface area contributed by atoms with Gasteiger partial charge in [0, 0.05) is 4.90 Å². The summed E-state index contributed by atoms with van der Waals surface area (Å²) in [7, 11) is 0. The average molecular weight is 455 g/mol. The van der Waals surface area contributed by atoms with Crippen LogP contribution in [0.5, 0.6) is 0 Å². The number of thiazole rings is 1. The third-order valence-electron chi connectivity index (χ3n) is 4.12. The van der Waals surface area contributed by atoms with E-state index in [-0.39, 0.29) is 11.7 Å². The van der Waals surface area contributed by atoms with E-state index in [1.807, 2.05) is 35.2 Å². The van der Waals surface area contributed by atoms with E-state index < -0.39 is 5.97 Å². The highest BCUT2D eigenvalue weighted by Crippen LogP contribution is 2.42. The van der Waals surface area contributed by atoms with Gasteiger partial charge in [-0.15, -0.1) is 23.1 Å². The smallest absolute Gasteiger partial charge is 0.304 e. The highest BCUT2D eigenvalue weighted by Gasteiger charge is 2.32. The topological polar surface area (TPSA) is 53.4 Å². The first-order valence-electron chi connectivity index (χ1n) is 7.96. The van der Waals surface area contributed by atoms with E-state index in [4.69, 9.17) is 35.4 Å². The number of fused-ring (bicyclic) bond motifs is 2. The minimum atomic E-state index is -0.865. The number of benzene rings is 2. The van der Waals surface area contributed by atoms with Gasteiger partial charge in [0.25, 0.3) is 0 Å². The second kappa shape index (κ2) is 7.56. The van der Waals surface area contributed by atoms with Gasteiger partial charge in [-0.05, 0) is 24.3 Å². The van der Waals surface area contributed by atoms with E-state index in [0.717, 1.165) is 20.3 Å². The monoisotopic (exact) mass is 454 g/mol. The van der Waals surface area contributed by atoms with Gasteiger partial charge in [-0.3, -0.25) is 4.79 Å². The number of hydrogen-bond donors (Lipinski definition) is 1. The van der Waals surface area contributed by atoms with E-state index in [1.165, 1.54) is 23.1 Å². The first-order valence-corrected chi connectivity index (χ1v) is 10.8. The molecule has 1 aliphatic heterocycles. The van der Waals surface area contributed by atoms with Gasteiger partial charge in [-0.25, -0.2) is 4.98 Å². The number of carboxylic acids is 1. The molecule has 0 saturated heterocycles. The first-order chi connectivity index (χ1) is 12.9. The predicted molar refractivity (Wildman–Crippen MR) is 117 cm³/mol. The second-order valence-electron chi connectivity index (χ2n) is 5.91. The molecule has 27 heavy (non-hydrogen) atoms. The number of thioether (sulfide) groups is 1. The van der Waals surface area contributed by atoms with Gasteiger partial charge >= 0.3 is 5.97 Å². The maximum atomic E-state index is 11.2. The van der Waals surface area contributed by atoms with Crippen molar-refractivity contribution in [2.45, 2.75) is 23.1 Å². The van der Waals surface area contributed by atoms with Crippen molar-refractivity contribution in [2.24, 2.45) is 0 Å². The van der Waals surface area contributed by atoms with Crippen molar-refractivity contribution in [1.82, 2.24) is 4.98 Å². The largest absolute Gasteiger partial charge is 0.481 e. The number of aromatic nitrogens is 1. The summed E-state index contributed by atoms with van der Waals surface area (Å²) in [5, 5.41) is 10.7. The summed E-state index contributed by atoms with van der Waals surface area (Å²) in [6.07, 6.45) is -0.0182. The lowest BCUT2D eigenvalue weighted by Gasteiger charge is -2.35. The predicted octanol–water partition coefficient (Wildman–Crippen LogP) is 5.89. The van der Waals surface area contributed by atoms with E-state index in [1.54, 1.807) is 6.07 Å². The molecule has 4 rings (SSSR count). The Kier molecular flexibility index (Phi) is 5.31. The minimum Gasteiger partial charge on any atom is -0.481 e. The van der Waals surface area contributed by atoms with Crippen molar-refractivity contribution >= 4 is 85.4 Å². The third kappa shape index (κ3) is 3.67. The molecule has 2 heterocycles. The third-order valence-corrected chi connectivity index (χ3v) is 7.84. The molecule has 1 N–H and O–H groups in total. The van der Waals surface area contributed by atoms with Crippen LogP contribution in [0.25, 0.3) is 10.2 Å². The number of para-hydroxylation sites is 1. The molecule has 0 aliphatic carbocycles. The maximum absolute atomic E-state index is 11.2. The summed E-state index contributed by atoms with van der Waals surface area (Å²) in [4.78, 5) is 19.5. The fraction of sp³-hybridized carbons (Fsp3) is 0.167. The number of carboxylic acid groups (broad SMARTS) is 1. The Morgan fingerprint density at radius 2 is 2.04 bits per heavy atom. The van der Waals surface area contributed by atoms with Gasteiger partial charge in [0.05, 0.1) is 43.6 Å². The summed E-state index contributed by atoms with van der Waals surface area (Å²) >= 11 is 21.0. The molecule has 0 fully saturated rings. The number of carbonyl (C=O) groups is 1. The number of nitrogens with zero attached hydrogens (tertiary/aromatic N) is 2. The van der Waals surface area contributed by atoms with Crippen LogP contribution in [0.1, 0.15) is 11.4 Å². The highest BCUT2D eigenvalue weighted by atomic mass is 35.5. The van der Waals surface area contributed by atoms with Gasteiger partial charge in [0.1, 0.15) is 10.5 Å². The number of halogens is 2. The zero-order valence-electron chi connectivity index (χ0n) is 13.7. The summed E-state index contributed by atoms with van der Waals surface area (Å²) in [6, 6.07) is 11.5. The number of thiocarbonyl (C=S) groups is 1. The molecule has 0 saturated carbocycles. The number of aliphatic carboxylic acids is 1. The zero-order chi connectivity index (χ0) is 19.1. The second-order valence-corrected chi connectivity index (χ2v) is 9.48. The molecule has 1 unspecified atom stereocenters. The summed E-state index contributed by atoms with van der Waals surface area (Å²) < 4.78 is 0.951. The highest BCUT2D eigenvalue weighted by molar-refractivity contribution is 8.02. The molecule has 3 aromatic rings. The molecule has 0 amide bonds. The molecule has 9 heteroatoms. The number of hydrogen-bond acceptors (Lipinski definition) is 5. The summed E-state index contributed by atoms with van der Waals surface area (Å²) in [5.74, 6) is -0.865. The van der Waals surface area contributed by atoms with Gasteiger partial charge in [-0.2, -0.15) is 0 Å². The molecule has 2 aromatic carbocycles. The standard InChI is InChI=1S/C18H12Cl2N2O2S3/c19-9-5-6-12-17(16(9)20)21-14(27-12)8-22-10-3-1-2-4-11(10)26-13(18(22)25)7-15(23)24/h1-6,13H,7-8H2,(H,23,24). The lowest BCUT2D eigenvalue weighted by atomic mass is 10.2. The van der Waals surface area contributed by atoms with Crippen molar-refractivity contribution in [1.29, 1.82) is 0 Å². The lowest BCUT2D eigenvalue weighted by Crippen LogP contribution is -2.40. The maximum Gasteiger partial charge on any atom is 0.304 e. The zero-order valence-corrected chi connectivity index (χ0v) is 17.6. The minimum absolute atomic E-state index is 0.0182. The molecular weight excluding hydrogens is 443 g/mol. The van der Waals surface area contributed by atoms with E-state index >= 15 is 0 Å². The molecule has 4 nitrogen and oxygen atoms in total. The SMILES string of the molecule is O=C(O)CC1Sc2ccccc2N(Cc2nc3c(Cl)c(Cl)ccc3s2)C1=S. The summed E-state index contributed by atoms with van der Waals surface area (Å²) in [6.45, 7) is 0.458. The molecule has 0 bridgehead atoms. The first kappa shape index (κ1) is 19.0. The molecule has 138 valence electrons. The van der Waals surface area contributed by atoms with Crippen molar-refractivity contribution in [3.63, 3.8) is 0 Å². The van der Waals surface area contributed by atoms with Crippen LogP contribution in [0.4, 0.5) is 5.69 Å². The van der Waals surface area contributed by atoms with Crippen molar-refractivity contribution < 1.29 is 9.90 Å². The fourth-order valence-corrected chi connectivity index (χ4v) is 5.90.